The molecule has 1 aromatic carbocycles. The van der Waals surface area contributed by atoms with Crippen molar-refractivity contribution in [1.82, 2.24) is 5.32 Å². The standard InChI is InChI=1S/C13H20BrNO/c1-10(2)15-7-4-8-16-13-6-5-12(14)9-11(13)3/h5-6,9-10,15H,4,7-8H2,1-3H3. The monoisotopic (exact) mass is 285 g/mol. The Balaban J connectivity index is 2.27. The molecular weight excluding hydrogens is 266 g/mol. The quantitative estimate of drug-likeness (QED) is 0.808. The average molecular weight is 286 g/mol. The van der Waals surface area contributed by atoms with Crippen molar-refractivity contribution in [3.8, 4) is 5.75 Å². The molecule has 0 spiro atoms. The summed E-state index contributed by atoms with van der Waals surface area (Å²) in [4.78, 5) is 0. The van der Waals surface area contributed by atoms with Gasteiger partial charge in [-0.2, -0.15) is 0 Å². The summed E-state index contributed by atoms with van der Waals surface area (Å²) >= 11 is 3.44. The van der Waals surface area contributed by atoms with E-state index in [2.05, 4.69) is 48.1 Å². The van der Waals surface area contributed by atoms with E-state index < -0.39 is 0 Å². The molecule has 0 atom stereocenters. The number of hydrogen-bond acceptors (Lipinski definition) is 2. The number of aryl methyl sites for hydroxylation is 1. The minimum absolute atomic E-state index is 0.550. The summed E-state index contributed by atoms with van der Waals surface area (Å²) in [5, 5.41) is 3.37. The highest BCUT2D eigenvalue weighted by molar-refractivity contribution is 9.10. The van der Waals surface area contributed by atoms with Crippen LogP contribution in [0.15, 0.2) is 22.7 Å². The van der Waals surface area contributed by atoms with Crippen LogP contribution in [0.2, 0.25) is 0 Å². The number of benzene rings is 1. The van der Waals surface area contributed by atoms with Crippen LogP contribution < -0.4 is 10.1 Å². The molecule has 0 saturated carbocycles. The first-order valence-corrected chi connectivity index (χ1v) is 6.51. The number of rotatable bonds is 6. The van der Waals surface area contributed by atoms with Crippen LogP contribution in [-0.4, -0.2) is 19.2 Å². The summed E-state index contributed by atoms with van der Waals surface area (Å²) in [7, 11) is 0. The maximum Gasteiger partial charge on any atom is 0.122 e. The zero-order valence-electron chi connectivity index (χ0n) is 10.2. The maximum atomic E-state index is 5.71. The van der Waals surface area contributed by atoms with E-state index in [-0.39, 0.29) is 0 Å². The van der Waals surface area contributed by atoms with Crippen LogP contribution in [0.4, 0.5) is 0 Å². The Morgan fingerprint density at radius 2 is 2.12 bits per heavy atom. The first-order valence-electron chi connectivity index (χ1n) is 5.72. The summed E-state index contributed by atoms with van der Waals surface area (Å²) in [5.41, 5.74) is 1.17. The van der Waals surface area contributed by atoms with Crippen molar-refractivity contribution >= 4 is 15.9 Å². The molecule has 16 heavy (non-hydrogen) atoms. The summed E-state index contributed by atoms with van der Waals surface area (Å²) in [5.74, 6) is 0.979. The van der Waals surface area contributed by atoms with Crippen molar-refractivity contribution in [2.75, 3.05) is 13.2 Å². The Kier molecular flexibility index (Phi) is 5.85. The smallest absolute Gasteiger partial charge is 0.122 e. The van der Waals surface area contributed by atoms with Gasteiger partial charge in [-0.05, 0) is 43.7 Å². The van der Waals surface area contributed by atoms with Gasteiger partial charge in [0.2, 0.25) is 0 Å². The topological polar surface area (TPSA) is 21.3 Å². The van der Waals surface area contributed by atoms with Gasteiger partial charge in [-0.1, -0.05) is 29.8 Å². The molecule has 0 saturated heterocycles. The molecule has 0 amide bonds. The Morgan fingerprint density at radius 3 is 2.75 bits per heavy atom. The second kappa shape index (κ2) is 6.92. The lowest BCUT2D eigenvalue weighted by Gasteiger charge is -2.11. The molecule has 2 nitrogen and oxygen atoms in total. The third-order valence-corrected chi connectivity index (χ3v) is 2.76. The van der Waals surface area contributed by atoms with Crippen molar-refractivity contribution in [1.29, 1.82) is 0 Å². The van der Waals surface area contributed by atoms with Crippen LogP contribution in [0.3, 0.4) is 0 Å². The highest BCUT2D eigenvalue weighted by Crippen LogP contribution is 2.22. The Labute approximate surface area is 107 Å². The van der Waals surface area contributed by atoms with Gasteiger partial charge in [-0.15, -0.1) is 0 Å². The third-order valence-electron chi connectivity index (χ3n) is 2.27. The van der Waals surface area contributed by atoms with Gasteiger partial charge in [0.15, 0.2) is 0 Å². The van der Waals surface area contributed by atoms with Crippen LogP contribution in [0.25, 0.3) is 0 Å². The van der Waals surface area contributed by atoms with Crippen LogP contribution >= 0.6 is 15.9 Å². The van der Waals surface area contributed by atoms with E-state index in [0.717, 1.165) is 29.8 Å². The largest absolute Gasteiger partial charge is 0.493 e. The SMILES string of the molecule is Cc1cc(Br)ccc1OCCCNC(C)C. The molecule has 0 fully saturated rings. The highest BCUT2D eigenvalue weighted by Gasteiger charge is 1.99. The van der Waals surface area contributed by atoms with Crippen LogP contribution in [-0.2, 0) is 0 Å². The summed E-state index contributed by atoms with van der Waals surface area (Å²) in [6, 6.07) is 6.64. The highest BCUT2D eigenvalue weighted by atomic mass is 79.9. The fraction of sp³-hybridized carbons (Fsp3) is 0.538. The van der Waals surface area contributed by atoms with Crippen molar-refractivity contribution in [2.45, 2.75) is 33.2 Å². The summed E-state index contributed by atoms with van der Waals surface area (Å²) < 4.78 is 6.81. The second-order valence-corrected chi connectivity index (χ2v) is 5.14. The molecule has 1 N–H and O–H groups in total. The second-order valence-electron chi connectivity index (χ2n) is 4.22. The van der Waals surface area contributed by atoms with Crippen molar-refractivity contribution in [2.24, 2.45) is 0 Å². The van der Waals surface area contributed by atoms with E-state index in [1.54, 1.807) is 0 Å². The van der Waals surface area contributed by atoms with Crippen LogP contribution in [0.1, 0.15) is 25.8 Å². The molecule has 0 aliphatic rings. The normalized spacial score (nSPS) is 10.8. The average Bonchev–Trinajstić information content (AvgIpc) is 2.20. The van der Waals surface area contributed by atoms with E-state index in [9.17, 15) is 0 Å². The molecule has 1 rings (SSSR count). The lowest BCUT2D eigenvalue weighted by molar-refractivity contribution is 0.304. The zero-order chi connectivity index (χ0) is 12.0. The first kappa shape index (κ1) is 13.5. The fourth-order valence-electron chi connectivity index (χ4n) is 1.42. The van der Waals surface area contributed by atoms with Gasteiger partial charge in [0.25, 0.3) is 0 Å². The van der Waals surface area contributed by atoms with Gasteiger partial charge < -0.3 is 10.1 Å². The van der Waals surface area contributed by atoms with Crippen molar-refractivity contribution in [3.05, 3.63) is 28.2 Å². The summed E-state index contributed by atoms with van der Waals surface area (Å²) in [6.07, 6.45) is 1.04. The Morgan fingerprint density at radius 1 is 1.38 bits per heavy atom. The minimum Gasteiger partial charge on any atom is -0.493 e. The molecule has 1 aromatic rings. The van der Waals surface area contributed by atoms with Gasteiger partial charge in [0, 0.05) is 10.5 Å². The van der Waals surface area contributed by atoms with E-state index in [0.29, 0.717) is 6.04 Å². The van der Waals surface area contributed by atoms with Crippen LogP contribution in [0.5, 0.6) is 5.75 Å². The van der Waals surface area contributed by atoms with Crippen molar-refractivity contribution in [3.63, 3.8) is 0 Å². The summed E-state index contributed by atoms with van der Waals surface area (Å²) in [6.45, 7) is 8.14. The van der Waals surface area contributed by atoms with Gasteiger partial charge >= 0.3 is 0 Å². The lowest BCUT2D eigenvalue weighted by atomic mass is 10.2. The molecule has 90 valence electrons. The minimum atomic E-state index is 0.550. The molecule has 0 unspecified atom stereocenters. The van der Waals surface area contributed by atoms with E-state index in [1.807, 2.05) is 12.1 Å². The molecule has 3 heteroatoms. The Bertz CT molecular complexity index is 326. The molecule has 0 heterocycles. The zero-order valence-corrected chi connectivity index (χ0v) is 11.8. The molecule has 0 aromatic heterocycles. The number of nitrogens with one attached hydrogen (secondary N) is 1. The molecule has 0 bridgehead atoms. The number of hydrogen-bond donors (Lipinski definition) is 1. The molecule has 0 radical (unpaired) electrons. The first-order chi connectivity index (χ1) is 7.59. The number of ether oxygens (including phenoxy) is 1. The maximum absolute atomic E-state index is 5.71. The lowest BCUT2D eigenvalue weighted by Crippen LogP contribution is -2.24. The van der Waals surface area contributed by atoms with Gasteiger partial charge in [-0.3, -0.25) is 0 Å². The number of halogens is 1. The Hall–Kier alpha value is -0.540. The van der Waals surface area contributed by atoms with Gasteiger partial charge in [0.05, 0.1) is 6.61 Å². The van der Waals surface area contributed by atoms with Gasteiger partial charge in [0.1, 0.15) is 5.75 Å². The molecule has 0 aliphatic carbocycles. The molecular formula is C13H20BrNO. The molecule has 0 aliphatic heterocycles. The van der Waals surface area contributed by atoms with Crippen LogP contribution in [0, 0.1) is 6.92 Å². The van der Waals surface area contributed by atoms with E-state index in [4.69, 9.17) is 4.74 Å². The third kappa shape index (κ3) is 4.99. The van der Waals surface area contributed by atoms with E-state index >= 15 is 0 Å². The fourth-order valence-corrected chi connectivity index (χ4v) is 1.90. The van der Waals surface area contributed by atoms with Gasteiger partial charge in [-0.25, -0.2) is 0 Å². The van der Waals surface area contributed by atoms with E-state index in [1.165, 1.54) is 5.56 Å². The van der Waals surface area contributed by atoms with Crippen molar-refractivity contribution < 1.29 is 4.74 Å². The predicted molar refractivity (Wildman–Crippen MR) is 72.1 cm³/mol. The predicted octanol–water partition coefficient (Wildman–Crippen LogP) is 3.52.